The van der Waals surface area contributed by atoms with Crippen molar-refractivity contribution in [1.29, 1.82) is 0 Å². The minimum Gasteiger partial charge on any atom is -0.497 e. The molecule has 0 aliphatic heterocycles. The van der Waals surface area contributed by atoms with E-state index in [-0.39, 0.29) is 0 Å². The van der Waals surface area contributed by atoms with Gasteiger partial charge >= 0.3 is 0 Å². The normalized spacial score (nSPS) is 10.5. The van der Waals surface area contributed by atoms with E-state index in [0.29, 0.717) is 0 Å². The van der Waals surface area contributed by atoms with E-state index in [0.717, 1.165) is 40.1 Å². The summed E-state index contributed by atoms with van der Waals surface area (Å²) in [6.07, 6.45) is 0. The van der Waals surface area contributed by atoms with Crippen LogP contribution in [0.25, 0.3) is 0 Å². The Morgan fingerprint density at radius 1 is 0.750 bits per heavy atom. The second-order valence-electron chi connectivity index (χ2n) is 5.49. The van der Waals surface area contributed by atoms with Gasteiger partial charge in [-0.15, -0.1) is 0 Å². The summed E-state index contributed by atoms with van der Waals surface area (Å²) in [5.41, 5.74) is 2.00. The number of methoxy groups -OCH3 is 1. The van der Waals surface area contributed by atoms with Gasteiger partial charge in [-0.2, -0.15) is 5.10 Å². The lowest BCUT2D eigenvalue weighted by atomic mass is 10.3. The number of aryl methyl sites for hydroxylation is 2. The van der Waals surface area contributed by atoms with Crippen molar-refractivity contribution in [2.24, 2.45) is 7.05 Å². The van der Waals surface area contributed by atoms with E-state index in [1.807, 2.05) is 69.4 Å². The molecule has 0 aliphatic carbocycles. The number of nitrogens with zero attached hydrogens (tertiary/aromatic N) is 2. The highest BCUT2D eigenvalue weighted by Gasteiger charge is 2.11. The van der Waals surface area contributed by atoms with Crippen LogP contribution in [-0.4, -0.2) is 16.9 Å². The fourth-order valence-corrected chi connectivity index (χ4v) is 2.35. The van der Waals surface area contributed by atoms with E-state index in [1.54, 1.807) is 11.8 Å². The summed E-state index contributed by atoms with van der Waals surface area (Å²) in [5, 5.41) is 4.35. The van der Waals surface area contributed by atoms with E-state index in [1.165, 1.54) is 0 Å². The third-order valence-electron chi connectivity index (χ3n) is 3.79. The van der Waals surface area contributed by atoms with Gasteiger partial charge in [0.15, 0.2) is 0 Å². The molecule has 0 spiro atoms. The molecule has 0 saturated heterocycles. The first-order chi connectivity index (χ1) is 11.6. The van der Waals surface area contributed by atoms with Crippen molar-refractivity contribution in [3.63, 3.8) is 0 Å². The molecule has 0 aliphatic rings. The first-order valence-corrected chi connectivity index (χ1v) is 7.67. The third-order valence-corrected chi connectivity index (χ3v) is 3.79. The minimum absolute atomic E-state index is 0.739. The number of hydrogen-bond donors (Lipinski definition) is 0. The lowest BCUT2D eigenvalue weighted by molar-refractivity contribution is 0.412. The quantitative estimate of drug-likeness (QED) is 0.686. The summed E-state index contributed by atoms with van der Waals surface area (Å²) >= 11 is 0. The Morgan fingerprint density at radius 3 is 1.62 bits per heavy atom. The molecule has 1 heterocycles. The first kappa shape index (κ1) is 15.9. The molecular formula is C19H20N2O3. The van der Waals surface area contributed by atoms with Gasteiger partial charge < -0.3 is 14.2 Å². The maximum Gasteiger partial charge on any atom is 0.220 e. The molecule has 0 radical (unpaired) electrons. The first-order valence-electron chi connectivity index (χ1n) is 7.67. The highest BCUT2D eigenvalue weighted by atomic mass is 16.5. The Morgan fingerprint density at radius 2 is 1.21 bits per heavy atom. The summed E-state index contributed by atoms with van der Waals surface area (Å²) < 4.78 is 18.6. The number of hydrogen-bond acceptors (Lipinski definition) is 4. The Bertz CT molecular complexity index is 821. The molecule has 3 rings (SSSR count). The van der Waals surface area contributed by atoms with Gasteiger partial charge in [0.05, 0.1) is 12.8 Å². The van der Waals surface area contributed by atoms with Crippen molar-refractivity contribution in [3.8, 4) is 28.9 Å². The van der Waals surface area contributed by atoms with Crippen LogP contribution in [0, 0.1) is 13.8 Å². The van der Waals surface area contributed by atoms with Gasteiger partial charge in [-0.3, -0.25) is 0 Å². The average molecular weight is 324 g/mol. The lowest BCUT2D eigenvalue weighted by Crippen LogP contribution is -1.96. The largest absolute Gasteiger partial charge is 0.497 e. The van der Waals surface area contributed by atoms with Crippen molar-refractivity contribution >= 4 is 0 Å². The smallest absolute Gasteiger partial charge is 0.220 e. The maximum atomic E-state index is 5.92. The maximum absolute atomic E-state index is 5.92. The molecule has 1 aromatic heterocycles. The number of rotatable bonds is 5. The van der Waals surface area contributed by atoms with Crippen LogP contribution < -0.4 is 14.2 Å². The molecule has 3 aromatic rings. The zero-order valence-electron chi connectivity index (χ0n) is 14.2. The van der Waals surface area contributed by atoms with E-state index in [2.05, 4.69) is 5.10 Å². The molecule has 5 nitrogen and oxygen atoms in total. The summed E-state index contributed by atoms with van der Waals surface area (Å²) in [6, 6.07) is 15.0. The second kappa shape index (κ2) is 6.66. The van der Waals surface area contributed by atoms with Crippen molar-refractivity contribution in [3.05, 3.63) is 59.8 Å². The molecule has 0 fully saturated rings. The van der Waals surface area contributed by atoms with Gasteiger partial charge in [0.1, 0.15) is 23.0 Å². The van der Waals surface area contributed by atoms with Gasteiger partial charge in [0.2, 0.25) is 5.88 Å². The van der Waals surface area contributed by atoms with Crippen molar-refractivity contribution in [1.82, 2.24) is 9.78 Å². The zero-order valence-corrected chi connectivity index (χ0v) is 14.2. The zero-order chi connectivity index (χ0) is 17.1. The molecule has 0 N–H and O–H groups in total. The van der Waals surface area contributed by atoms with Crippen LogP contribution in [0.5, 0.6) is 28.9 Å². The van der Waals surface area contributed by atoms with Gasteiger partial charge in [0, 0.05) is 12.6 Å². The molecule has 0 unspecified atom stereocenters. The minimum atomic E-state index is 0.739. The summed E-state index contributed by atoms with van der Waals surface area (Å²) in [7, 11) is 3.51. The van der Waals surface area contributed by atoms with Gasteiger partial charge in [-0.1, -0.05) is 0 Å². The van der Waals surface area contributed by atoms with Crippen LogP contribution in [0.4, 0.5) is 0 Å². The van der Waals surface area contributed by atoms with E-state index in [4.69, 9.17) is 14.2 Å². The summed E-state index contributed by atoms with van der Waals surface area (Å²) in [4.78, 5) is 0. The Kier molecular flexibility index (Phi) is 4.42. The Hall–Kier alpha value is -2.95. The van der Waals surface area contributed by atoms with Crippen LogP contribution in [0.1, 0.15) is 11.3 Å². The van der Waals surface area contributed by atoms with Crippen LogP contribution in [0.3, 0.4) is 0 Å². The van der Waals surface area contributed by atoms with Crippen LogP contribution in [0.15, 0.2) is 48.5 Å². The van der Waals surface area contributed by atoms with Gasteiger partial charge in [0.25, 0.3) is 0 Å². The highest BCUT2D eigenvalue weighted by molar-refractivity contribution is 5.39. The molecule has 5 heteroatoms. The molecule has 0 bridgehead atoms. The SMILES string of the molecule is COc1ccc(Oc2ccc(Oc3c(C)c(C)nn3C)cc2)cc1. The molecule has 2 aromatic carbocycles. The van der Waals surface area contributed by atoms with E-state index >= 15 is 0 Å². The molecule has 0 atom stereocenters. The summed E-state index contributed by atoms with van der Waals surface area (Å²) in [5.74, 6) is 3.78. The second-order valence-corrected chi connectivity index (χ2v) is 5.49. The number of ether oxygens (including phenoxy) is 3. The van der Waals surface area contributed by atoms with Gasteiger partial charge in [-0.05, 0) is 62.4 Å². The summed E-state index contributed by atoms with van der Waals surface area (Å²) in [6.45, 7) is 3.97. The highest BCUT2D eigenvalue weighted by Crippen LogP contribution is 2.29. The number of benzene rings is 2. The molecule has 0 amide bonds. The van der Waals surface area contributed by atoms with Crippen LogP contribution in [0.2, 0.25) is 0 Å². The topological polar surface area (TPSA) is 45.5 Å². The standard InChI is InChI=1S/C19H20N2O3/c1-13-14(2)20-21(3)19(13)24-18-11-9-17(10-12-18)23-16-7-5-15(22-4)6-8-16/h5-12H,1-4H3. The predicted molar refractivity (Wildman–Crippen MR) is 92.3 cm³/mol. The Balaban J connectivity index is 1.70. The fraction of sp³-hybridized carbons (Fsp3) is 0.211. The van der Waals surface area contributed by atoms with Crippen molar-refractivity contribution in [2.75, 3.05) is 7.11 Å². The molecule has 124 valence electrons. The average Bonchev–Trinajstić information content (AvgIpc) is 2.83. The van der Waals surface area contributed by atoms with Crippen molar-refractivity contribution in [2.45, 2.75) is 13.8 Å². The van der Waals surface area contributed by atoms with Crippen molar-refractivity contribution < 1.29 is 14.2 Å². The molecule has 24 heavy (non-hydrogen) atoms. The monoisotopic (exact) mass is 324 g/mol. The molecule has 0 saturated carbocycles. The fourth-order valence-electron chi connectivity index (χ4n) is 2.35. The van der Waals surface area contributed by atoms with E-state index in [9.17, 15) is 0 Å². The number of aromatic nitrogens is 2. The third kappa shape index (κ3) is 3.35. The Labute approximate surface area is 141 Å². The molecular weight excluding hydrogens is 304 g/mol. The van der Waals surface area contributed by atoms with Crippen LogP contribution >= 0.6 is 0 Å². The van der Waals surface area contributed by atoms with E-state index < -0.39 is 0 Å². The van der Waals surface area contributed by atoms with Gasteiger partial charge in [-0.25, -0.2) is 4.68 Å². The predicted octanol–water partition coefficient (Wildman–Crippen LogP) is 4.63. The lowest BCUT2D eigenvalue weighted by Gasteiger charge is -2.09. The van der Waals surface area contributed by atoms with Crippen LogP contribution in [-0.2, 0) is 7.05 Å².